The molecule has 84 valence electrons. The van der Waals surface area contributed by atoms with Crippen molar-refractivity contribution in [2.45, 2.75) is 40.0 Å². The topological polar surface area (TPSA) is 9.23 Å². The zero-order valence-electron chi connectivity index (χ0n) is 9.77. The molecule has 1 nitrogen and oxygen atoms in total. The third-order valence-electron chi connectivity index (χ3n) is 2.45. The standard InChI is InChI=1S/C13H19FO/c1-4-5-6-7-15-13-9-10(2)8-12(14)11(13)3/h8-9H,4-7H2,1-3H3. The number of hydrogen-bond acceptors (Lipinski definition) is 1. The predicted octanol–water partition coefficient (Wildman–Crippen LogP) is 4.01. The van der Waals surface area contributed by atoms with Gasteiger partial charge in [-0.15, -0.1) is 0 Å². The Labute approximate surface area is 91.3 Å². The summed E-state index contributed by atoms with van der Waals surface area (Å²) in [5, 5.41) is 0. The molecule has 0 aliphatic carbocycles. The van der Waals surface area contributed by atoms with E-state index in [-0.39, 0.29) is 5.82 Å². The second kappa shape index (κ2) is 5.74. The molecular formula is C13H19FO. The van der Waals surface area contributed by atoms with E-state index in [4.69, 9.17) is 4.74 Å². The molecule has 1 aromatic rings. The van der Waals surface area contributed by atoms with Crippen LogP contribution in [-0.2, 0) is 0 Å². The SMILES string of the molecule is CCCCCOc1cc(C)cc(F)c1C. The summed E-state index contributed by atoms with van der Waals surface area (Å²) in [7, 11) is 0. The van der Waals surface area contributed by atoms with E-state index in [1.807, 2.05) is 13.0 Å². The molecule has 0 saturated carbocycles. The molecular weight excluding hydrogens is 191 g/mol. The number of aryl methyl sites for hydroxylation is 1. The van der Waals surface area contributed by atoms with Crippen molar-refractivity contribution in [1.82, 2.24) is 0 Å². The highest BCUT2D eigenvalue weighted by Crippen LogP contribution is 2.22. The van der Waals surface area contributed by atoms with Crippen LogP contribution in [-0.4, -0.2) is 6.61 Å². The van der Waals surface area contributed by atoms with Crippen LogP contribution >= 0.6 is 0 Å². The number of rotatable bonds is 5. The van der Waals surface area contributed by atoms with E-state index in [9.17, 15) is 4.39 Å². The van der Waals surface area contributed by atoms with Crippen molar-refractivity contribution in [3.8, 4) is 5.75 Å². The van der Waals surface area contributed by atoms with Crippen molar-refractivity contribution in [3.05, 3.63) is 29.1 Å². The molecule has 0 N–H and O–H groups in total. The predicted molar refractivity (Wildman–Crippen MR) is 60.9 cm³/mol. The van der Waals surface area contributed by atoms with Gasteiger partial charge in [0.05, 0.1) is 6.61 Å². The molecule has 0 aromatic heterocycles. The summed E-state index contributed by atoms with van der Waals surface area (Å²) in [5.41, 5.74) is 1.51. The molecule has 0 spiro atoms. The fourth-order valence-electron chi connectivity index (χ4n) is 1.47. The van der Waals surface area contributed by atoms with E-state index in [0.29, 0.717) is 17.9 Å². The van der Waals surface area contributed by atoms with Gasteiger partial charge in [-0.2, -0.15) is 0 Å². The van der Waals surface area contributed by atoms with Gasteiger partial charge in [-0.1, -0.05) is 19.8 Å². The van der Waals surface area contributed by atoms with E-state index >= 15 is 0 Å². The van der Waals surface area contributed by atoms with Crippen molar-refractivity contribution in [2.75, 3.05) is 6.61 Å². The smallest absolute Gasteiger partial charge is 0.130 e. The van der Waals surface area contributed by atoms with Crippen LogP contribution in [0.15, 0.2) is 12.1 Å². The van der Waals surface area contributed by atoms with Crippen molar-refractivity contribution in [1.29, 1.82) is 0 Å². The van der Waals surface area contributed by atoms with Gasteiger partial charge in [0.25, 0.3) is 0 Å². The number of ether oxygens (including phenoxy) is 1. The van der Waals surface area contributed by atoms with E-state index in [1.54, 1.807) is 6.92 Å². The number of unbranched alkanes of at least 4 members (excludes halogenated alkanes) is 2. The lowest BCUT2D eigenvalue weighted by Gasteiger charge is -2.10. The summed E-state index contributed by atoms with van der Waals surface area (Å²) in [6.45, 7) is 6.46. The minimum absolute atomic E-state index is 0.180. The van der Waals surface area contributed by atoms with Gasteiger partial charge in [0.1, 0.15) is 11.6 Å². The van der Waals surface area contributed by atoms with Crippen LogP contribution in [0.3, 0.4) is 0 Å². The van der Waals surface area contributed by atoms with Crippen molar-refractivity contribution in [3.63, 3.8) is 0 Å². The summed E-state index contributed by atoms with van der Waals surface area (Å²) in [5.74, 6) is 0.504. The van der Waals surface area contributed by atoms with Crippen LogP contribution in [0, 0.1) is 19.7 Å². The first-order valence-corrected chi connectivity index (χ1v) is 5.54. The van der Waals surface area contributed by atoms with Gasteiger partial charge in [0.15, 0.2) is 0 Å². The van der Waals surface area contributed by atoms with E-state index in [0.717, 1.165) is 18.4 Å². The summed E-state index contributed by atoms with van der Waals surface area (Å²) in [6, 6.07) is 3.43. The van der Waals surface area contributed by atoms with Gasteiger partial charge in [-0.3, -0.25) is 0 Å². The van der Waals surface area contributed by atoms with Gasteiger partial charge < -0.3 is 4.74 Å². The fraction of sp³-hybridized carbons (Fsp3) is 0.538. The van der Waals surface area contributed by atoms with Crippen molar-refractivity contribution >= 4 is 0 Å². The maximum absolute atomic E-state index is 13.3. The number of hydrogen-bond donors (Lipinski definition) is 0. The van der Waals surface area contributed by atoms with Gasteiger partial charge in [0.2, 0.25) is 0 Å². The largest absolute Gasteiger partial charge is 0.493 e. The van der Waals surface area contributed by atoms with Crippen LogP contribution in [0.4, 0.5) is 4.39 Å². The highest BCUT2D eigenvalue weighted by atomic mass is 19.1. The Balaban J connectivity index is 2.60. The Kier molecular flexibility index (Phi) is 4.60. The minimum Gasteiger partial charge on any atom is -0.493 e. The van der Waals surface area contributed by atoms with Crippen molar-refractivity contribution in [2.24, 2.45) is 0 Å². The molecule has 0 bridgehead atoms. The molecule has 0 aliphatic heterocycles. The lowest BCUT2D eigenvalue weighted by molar-refractivity contribution is 0.302. The average Bonchev–Trinajstić information content (AvgIpc) is 2.19. The van der Waals surface area contributed by atoms with Crippen LogP contribution in [0.1, 0.15) is 37.3 Å². The van der Waals surface area contributed by atoms with Crippen LogP contribution in [0.2, 0.25) is 0 Å². The lowest BCUT2D eigenvalue weighted by atomic mass is 10.1. The van der Waals surface area contributed by atoms with Crippen molar-refractivity contribution < 1.29 is 9.13 Å². The number of halogens is 1. The Morgan fingerprint density at radius 3 is 2.60 bits per heavy atom. The summed E-state index contributed by atoms with van der Waals surface area (Å²) >= 11 is 0. The second-order valence-corrected chi connectivity index (χ2v) is 3.93. The zero-order valence-corrected chi connectivity index (χ0v) is 9.77. The second-order valence-electron chi connectivity index (χ2n) is 3.93. The molecule has 0 heterocycles. The maximum atomic E-state index is 13.3. The summed E-state index contributed by atoms with van der Waals surface area (Å²) in [6.07, 6.45) is 3.36. The van der Waals surface area contributed by atoms with Crippen LogP contribution in [0.25, 0.3) is 0 Å². The molecule has 0 aliphatic rings. The monoisotopic (exact) mass is 210 g/mol. The third kappa shape index (κ3) is 3.54. The van der Waals surface area contributed by atoms with Gasteiger partial charge in [0, 0.05) is 5.56 Å². The Morgan fingerprint density at radius 1 is 1.20 bits per heavy atom. The Morgan fingerprint density at radius 2 is 1.93 bits per heavy atom. The molecule has 0 amide bonds. The summed E-state index contributed by atoms with van der Waals surface area (Å²) < 4.78 is 18.9. The molecule has 0 fully saturated rings. The highest BCUT2D eigenvalue weighted by Gasteiger charge is 2.05. The van der Waals surface area contributed by atoms with E-state index in [1.165, 1.54) is 12.5 Å². The first-order chi connectivity index (χ1) is 7.15. The molecule has 0 radical (unpaired) electrons. The molecule has 2 heteroatoms. The molecule has 0 atom stereocenters. The first kappa shape index (κ1) is 12.0. The van der Waals surface area contributed by atoms with Gasteiger partial charge >= 0.3 is 0 Å². The molecule has 15 heavy (non-hydrogen) atoms. The molecule has 1 rings (SSSR count). The summed E-state index contributed by atoms with van der Waals surface area (Å²) in [4.78, 5) is 0. The molecule has 1 aromatic carbocycles. The maximum Gasteiger partial charge on any atom is 0.130 e. The third-order valence-corrected chi connectivity index (χ3v) is 2.45. The van der Waals surface area contributed by atoms with Gasteiger partial charge in [-0.05, 0) is 38.0 Å². The highest BCUT2D eigenvalue weighted by molar-refractivity contribution is 5.37. The lowest BCUT2D eigenvalue weighted by Crippen LogP contribution is -2.00. The molecule has 0 saturated heterocycles. The van der Waals surface area contributed by atoms with E-state index in [2.05, 4.69) is 6.92 Å². The Bertz CT molecular complexity index is 321. The Hall–Kier alpha value is -1.05. The fourth-order valence-corrected chi connectivity index (χ4v) is 1.47. The quantitative estimate of drug-likeness (QED) is 0.667. The van der Waals surface area contributed by atoms with E-state index < -0.39 is 0 Å². The normalized spacial score (nSPS) is 10.4. The van der Waals surface area contributed by atoms with Gasteiger partial charge in [-0.25, -0.2) is 4.39 Å². The average molecular weight is 210 g/mol. The zero-order chi connectivity index (χ0) is 11.3. The molecule has 0 unspecified atom stereocenters. The minimum atomic E-state index is -0.180. The first-order valence-electron chi connectivity index (χ1n) is 5.54. The number of benzene rings is 1. The van der Waals surface area contributed by atoms with Crippen LogP contribution < -0.4 is 4.74 Å². The van der Waals surface area contributed by atoms with Crippen LogP contribution in [0.5, 0.6) is 5.75 Å².